The first-order valence-corrected chi connectivity index (χ1v) is 11.6. The minimum atomic E-state index is -0.862. The Morgan fingerprint density at radius 1 is 1.11 bits per heavy atom. The minimum Gasteiger partial charge on any atom is -0.464 e. The highest BCUT2D eigenvalue weighted by atomic mass is 16.8. The van der Waals surface area contributed by atoms with Gasteiger partial charge in [0.1, 0.15) is 28.4 Å². The summed E-state index contributed by atoms with van der Waals surface area (Å²) < 4.78 is 16.4. The molecular weight excluding hydrogens is 452 g/mol. The second-order valence-electron chi connectivity index (χ2n) is 9.46. The summed E-state index contributed by atoms with van der Waals surface area (Å²) in [6.45, 7) is 5.60. The predicted octanol–water partition coefficient (Wildman–Crippen LogP) is 3.29. The van der Waals surface area contributed by atoms with Crippen LogP contribution in [0.4, 0.5) is 4.79 Å². The van der Waals surface area contributed by atoms with Crippen LogP contribution in [0.15, 0.2) is 48.5 Å². The molecule has 10 heteroatoms. The number of hydrogen-bond acceptors (Lipinski definition) is 8. The predicted molar refractivity (Wildman–Crippen MR) is 127 cm³/mol. The summed E-state index contributed by atoms with van der Waals surface area (Å²) in [5.74, 6) is 0.526. The Bertz CT molecular complexity index is 1150. The Morgan fingerprint density at radius 3 is 2.57 bits per heavy atom. The smallest absolute Gasteiger partial charge is 0.408 e. The number of nitrogens with zero attached hydrogens (tertiary/aromatic N) is 3. The molecule has 4 rings (SSSR count). The van der Waals surface area contributed by atoms with Crippen molar-refractivity contribution < 1.29 is 28.6 Å². The minimum absolute atomic E-state index is 0.0665. The largest absolute Gasteiger partial charge is 0.464 e. The molecule has 2 aromatic carbocycles. The fraction of sp³-hybridized carbons (Fsp3) is 0.440. The van der Waals surface area contributed by atoms with Gasteiger partial charge in [-0.25, -0.2) is 9.59 Å². The number of esters is 1. The average Bonchev–Trinajstić information content (AvgIpc) is 3.56. The second kappa shape index (κ2) is 10.6. The Morgan fingerprint density at radius 2 is 1.86 bits per heavy atom. The van der Waals surface area contributed by atoms with Crippen LogP contribution in [0.1, 0.15) is 39.2 Å². The van der Waals surface area contributed by atoms with Gasteiger partial charge in [-0.2, -0.15) is 0 Å². The SMILES string of the molecule is CC(C)(C)OC(=O)N[C@H](Cc1ccc(OCOn2nnc3ccccc32)cc1)C(=O)OCC1CC1. The van der Waals surface area contributed by atoms with E-state index >= 15 is 0 Å². The molecule has 1 aromatic heterocycles. The zero-order valence-electron chi connectivity index (χ0n) is 20.1. The molecule has 1 amide bonds. The zero-order valence-corrected chi connectivity index (χ0v) is 20.1. The monoisotopic (exact) mass is 482 g/mol. The molecule has 0 bridgehead atoms. The second-order valence-corrected chi connectivity index (χ2v) is 9.46. The standard InChI is InChI=1S/C25H30N4O6/c1-25(2,3)35-24(31)26-21(23(30)32-15-18-8-9-18)14-17-10-12-19(13-11-17)33-16-34-29-22-7-5-4-6-20(22)27-28-29/h4-7,10-13,18,21H,8-9,14-16H2,1-3H3,(H,26,31)/t21-/m1/s1. The zero-order chi connectivity index (χ0) is 24.8. The number of aromatic nitrogens is 3. The lowest BCUT2D eigenvalue weighted by Gasteiger charge is -2.23. The van der Waals surface area contributed by atoms with Gasteiger partial charge < -0.3 is 24.4 Å². The number of fused-ring (bicyclic) bond motifs is 1. The van der Waals surface area contributed by atoms with E-state index < -0.39 is 23.7 Å². The van der Waals surface area contributed by atoms with Crippen LogP contribution < -0.4 is 14.9 Å². The molecule has 0 saturated heterocycles. The van der Waals surface area contributed by atoms with Gasteiger partial charge in [-0.15, -0.1) is 5.10 Å². The lowest BCUT2D eigenvalue weighted by molar-refractivity contribution is -0.146. The maximum Gasteiger partial charge on any atom is 0.408 e. The molecule has 0 spiro atoms. The first-order valence-electron chi connectivity index (χ1n) is 11.6. The van der Waals surface area contributed by atoms with Crippen molar-refractivity contribution in [1.82, 2.24) is 20.5 Å². The van der Waals surface area contributed by atoms with Gasteiger partial charge in [-0.05, 0) is 74.6 Å². The third-order valence-electron chi connectivity index (χ3n) is 5.22. The van der Waals surface area contributed by atoms with Crippen molar-refractivity contribution in [3.63, 3.8) is 0 Å². The van der Waals surface area contributed by atoms with Gasteiger partial charge in [0.2, 0.25) is 0 Å². The van der Waals surface area contributed by atoms with Gasteiger partial charge in [0.05, 0.1) is 6.61 Å². The van der Waals surface area contributed by atoms with Crippen molar-refractivity contribution in [3.05, 3.63) is 54.1 Å². The Labute approximate surface area is 203 Å². The van der Waals surface area contributed by atoms with Crippen LogP contribution in [0.5, 0.6) is 5.75 Å². The maximum absolute atomic E-state index is 12.6. The molecule has 3 aromatic rings. The first-order chi connectivity index (χ1) is 16.8. The number of rotatable bonds is 10. The molecule has 1 aliphatic rings. The molecule has 1 saturated carbocycles. The summed E-state index contributed by atoms with van der Waals surface area (Å²) in [5.41, 5.74) is 1.61. The number of hydrogen-bond donors (Lipinski definition) is 1. The molecular formula is C25H30N4O6. The Kier molecular flexibility index (Phi) is 7.38. The number of carbonyl (C=O) groups excluding carboxylic acids is 2. The number of ether oxygens (including phenoxy) is 3. The van der Waals surface area contributed by atoms with Crippen molar-refractivity contribution in [2.45, 2.75) is 51.7 Å². The maximum atomic E-state index is 12.6. The molecule has 0 unspecified atom stereocenters. The summed E-state index contributed by atoms with van der Waals surface area (Å²) in [4.78, 5) is 31.8. The molecule has 0 radical (unpaired) electrons. The van der Waals surface area contributed by atoms with Crippen LogP contribution in [-0.4, -0.2) is 52.3 Å². The van der Waals surface area contributed by atoms with Gasteiger partial charge in [-0.1, -0.05) is 29.1 Å². The molecule has 1 heterocycles. The molecule has 1 N–H and O–H groups in total. The van der Waals surface area contributed by atoms with Crippen molar-refractivity contribution in [1.29, 1.82) is 0 Å². The van der Waals surface area contributed by atoms with Crippen LogP contribution in [0.2, 0.25) is 0 Å². The molecule has 10 nitrogen and oxygen atoms in total. The third-order valence-corrected chi connectivity index (χ3v) is 5.22. The van der Waals surface area contributed by atoms with Crippen molar-refractivity contribution in [2.24, 2.45) is 5.92 Å². The molecule has 35 heavy (non-hydrogen) atoms. The van der Waals surface area contributed by atoms with Crippen LogP contribution in [-0.2, 0) is 20.7 Å². The van der Waals surface area contributed by atoms with E-state index in [9.17, 15) is 9.59 Å². The highest BCUT2D eigenvalue weighted by Crippen LogP contribution is 2.29. The van der Waals surface area contributed by atoms with E-state index in [2.05, 4.69) is 15.6 Å². The van der Waals surface area contributed by atoms with Crippen LogP contribution >= 0.6 is 0 Å². The van der Waals surface area contributed by atoms with Crippen molar-refractivity contribution in [3.8, 4) is 5.75 Å². The van der Waals surface area contributed by atoms with Crippen molar-refractivity contribution in [2.75, 3.05) is 13.4 Å². The molecule has 0 aliphatic heterocycles. The van der Waals surface area contributed by atoms with Crippen LogP contribution in [0, 0.1) is 5.92 Å². The first kappa shape index (κ1) is 24.3. The summed E-state index contributed by atoms with van der Waals surface area (Å²) in [7, 11) is 0. The fourth-order valence-corrected chi connectivity index (χ4v) is 3.27. The summed E-state index contributed by atoms with van der Waals surface area (Å²) in [6, 6.07) is 13.7. The Hall–Kier alpha value is -3.82. The average molecular weight is 483 g/mol. The van der Waals surface area contributed by atoms with E-state index in [0.717, 1.165) is 29.4 Å². The van der Waals surface area contributed by atoms with Gasteiger partial charge >= 0.3 is 12.1 Å². The van der Waals surface area contributed by atoms with Crippen LogP contribution in [0.3, 0.4) is 0 Å². The highest BCUT2D eigenvalue weighted by Gasteiger charge is 2.29. The molecule has 1 fully saturated rings. The number of alkyl carbamates (subject to hydrolysis) is 1. The van der Waals surface area contributed by atoms with E-state index in [1.54, 1.807) is 32.9 Å². The number of carbonyl (C=O) groups is 2. The molecule has 1 atom stereocenters. The van der Waals surface area contributed by atoms with Gasteiger partial charge in [0, 0.05) is 6.42 Å². The molecule has 186 valence electrons. The van der Waals surface area contributed by atoms with Gasteiger partial charge in [0.25, 0.3) is 6.79 Å². The third kappa shape index (κ3) is 7.33. The normalized spacial score (nSPS) is 14.3. The number of nitrogens with one attached hydrogen (secondary N) is 1. The summed E-state index contributed by atoms with van der Waals surface area (Å²) >= 11 is 0. The number of amides is 1. The van der Waals surface area contributed by atoms with Crippen molar-refractivity contribution >= 4 is 23.1 Å². The topological polar surface area (TPSA) is 114 Å². The number of para-hydroxylation sites is 1. The van der Waals surface area contributed by atoms with E-state index in [-0.39, 0.29) is 13.2 Å². The van der Waals surface area contributed by atoms with Gasteiger partial charge in [-0.3, -0.25) is 0 Å². The highest BCUT2D eigenvalue weighted by molar-refractivity contribution is 5.81. The van der Waals surface area contributed by atoms with E-state index in [4.69, 9.17) is 19.0 Å². The summed E-state index contributed by atoms with van der Waals surface area (Å²) in [6.07, 6.45) is 1.72. The van der Waals surface area contributed by atoms with E-state index in [1.807, 2.05) is 36.4 Å². The Balaban J connectivity index is 1.32. The lowest BCUT2D eigenvalue weighted by atomic mass is 10.1. The van der Waals surface area contributed by atoms with E-state index in [0.29, 0.717) is 18.3 Å². The fourth-order valence-electron chi connectivity index (χ4n) is 3.27. The quantitative estimate of drug-likeness (QED) is 0.346. The number of benzene rings is 2. The van der Waals surface area contributed by atoms with E-state index in [1.165, 1.54) is 4.85 Å². The van der Waals surface area contributed by atoms with Crippen LogP contribution in [0.25, 0.3) is 11.0 Å². The summed E-state index contributed by atoms with van der Waals surface area (Å²) in [5, 5.41) is 10.6. The van der Waals surface area contributed by atoms with Gasteiger partial charge in [0.15, 0.2) is 0 Å². The molecule has 1 aliphatic carbocycles. The lowest BCUT2D eigenvalue weighted by Crippen LogP contribution is -2.45.